The molecular weight excluding hydrogens is 258 g/mol. The van der Waals surface area contributed by atoms with E-state index in [1.165, 1.54) is 25.2 Å². The second kappa shape index (κ2) is 7.30. The number of aromatic nitrogens is 2. The first-order valence-corrected chi connectivity index (χ1v) is 8.12. The Morgan fingerprint density at radius 1 is 1.42 bits per heavy atom. The van der Waals surface area contributed by atoms with Gasteiger partial charge in [-0.1, -0.05) is 13.8 Å². The molecule has 1 unspecified atom stereocenters. The lowest BCUT2D eigenvalue weighted by Gasteiger charge is -2.15. The van der Waals surface area contributed by atoms with Crippen LogP contribution in [-0.4, -0.2) is 33.6 Å². The molecule has 0 amide bonds. The fourth-order valence-corrected chi connectivity index (χ4v) is 3.31. The molecule has 1 aliphatic heterocycles. The van der Waals surface area contributed by atoms with Crippen LogP contribution in [0.25, 0.3) is 0 Å². The Bertz CT molecular complexity index is 373. The molecule has 0 radical (unpaired) electrons. The van der Waals surface area contributed by atoms with Crippen molar-refractivity contribution < 1.29 is 0 Å². The Morgan fingerprint density at radius 2 is 2.21 bits per heavy atom. The number of nitrogens with zero attached hydrogens (tertiary/aromatic N) is 3. The highest BCUT2D eigenvalue weighted by Gasteiger charge is 2.22. The molecule has 0 aliphatic carbocycles. The van der Waals surface area contributed by atoms with Gasteiger partial charge in [-0.3, -0.25) is 9.58 Å². The highest BCUT2D eigenvalue weighted by atomic mass is 35.5. The molecule has 2 heterocycles. The Hall–Kier alpha value is -0.540. The first kappa shape index (κ1) is 14.9. The van der Waals surface area contributed by atoms with E-state index in [9.17, 15) is 0 Å². The van der Waals surface area contributed by atoms with Crippen molar-refractivity contribution in [3.05, 3.63) is 18.0 Å². The molecule has 0 spiro atoms. The van der Waals surface area contributed by atoms with E-state index in [1.807, 2.05) is 0 Å². The number of rotatable bonds is 7. The maximum atomic E-state index is 5.83. The summed E-state index contributed by atoms with van der Waals surface area (Å²) in [5.41, 5.74) is 1.21. The van der Waals surface area contributed by atoms with Gasteiger partial charge in [0.25, 0.3) is 0 Å². The van der Waals surface area contributed by atoms with Crippen LogP contribution in [0.5, 0.6) is 0 Å². The SMILES string of the molecule is CCC(CC)n1ccc(CN2CCC(CCCl)C2)n1. The Labute approximate surface area is 121 Å². The molecule has 1 aromatic heterocycles. The summed E-state index contributed by atoms with van der Waals surface area (Å²) in [6.07, 6.45) is 6.89. The van der Waals surface area contributed by atoms with Gasteiger partial charge in [0.05, 0.1) is 11.7 Å². The van der Waals surface area contributed by atoms with Gasteiger partial charge in [-0.25, -0.2) is 0 Å². The zero-order chi connectivity index (χ0) is 13.7. The summed E-state index contributed by atoms with van der Waals surface area (Å²) in [4.78, 5) is 2.51. The zero-order valence-electron chi connectivity index (χ0n) is 12.2. The number of hydrogen-bond donors (Lipinski definition) is 0. The van der Waals surface area contributed by atoms with E-state index in [1.54, 1.807) is 0 Å². The summed E-state index contributed by atoms with van der Waals surface area (Å²) in [5.74, 6) is 1.58. The molecule has 0 bridgehead atoms. The quantitative estimate of drug-likeness (QED) is 0.712. The first-order chi connectivity index (χ1) is 9.26. The molecule has 1 aliphatic rings. The Balaban J connectivity index is 1.87. The van der Waals surface area contributed by atoms with Crippen LogP contribution in [-0.2, 0) is 6.54 Å². The lowest BCUT2D eigenvalue weighted by Crippen LogP contribution is -2.21. The molecular formula is C15H26ClN3. The first-order valence-electron chi connectivity index (χ1n) is 7.59. The molecule has 1 atom stereocenters. The molecule has 3 nitrogen and oxygen atoms in total. The lowest BCUT2D eigenvalue weighted by atomic mass is 10.1. The van der Waals surface area contributed by atoms with Crippen LogP contribution >= 0.6 is 11.6 Å². The smallest absolute Gasteiger partial charge is 0.0764 e. The summed E-state index contributed by atoms with van der Waals surface area (Å²) in [6.45, 7) is 7.83. The van der Waals surface area contributed by atoms with Gasteiger partial charge >= 0.3 is 0 Å². The molecule has 0 N–H and O–H groups in total. The van der Waals surface area contributed by atoms with Crippen molar-refractivity contribution in [2.75, 3.05) is 19.0 Å². The predicted octanol–water partition coefficient (Wildman–Crippen LogP) is 3.70. The van der Waals surface area contributed by atoms with Crippen LogP contribution < -0.4 is 0 Å². The van der Waals surface area contributed by atoms with E-state index in [2.05, 4.69) is 35.7 Å². The van der Waals surface area contributed by atoms with E-state index in [0.29, 0.717) is 6.04 Å². The van der Waals surface area contributed by atoms with E-state index >= 15 is 0 Å². The van der Waals surface area contributed by atoms with Crippen LogP contribution in [0.2, 0.25) is 0 Å². The lowest BCUT2D eigenvalue weighted by molar-refractivity contribution is 0.308. The van der Waals surface area contributed by atoms with Crippen LogP contribution in [0, 0.1) is 5.92 Å². The third-order valence-electron chi connectivity index (χ3n) is 4.25. The van der Waals surface area contributed by atoms with Gasteiger partial charge in [-0.05, 0) is 44.2 Å². The van der Waals surface area contributed by atoms with E-state index in [0.717, 1.165) is 37.6 Å². The van der Waals surface area contributed by atoms with Crippen molar-refractivity contribution in [2.24, 2.45) is 5.92 Å². The number of hydrogen-bond acceptors (Lipinski definition) is 2. The highest BCUT2D eigenvalue weighted by Crippen LogP contribution is 2.22. The van der Waals surface area contributed by atoms with Gasteiger partial charge in [-0.15, -0.1) is 11.6 Å². The van der Waals surface area contributed by atoms with E-state index < -0.39 is 0 Å². The van der Waals surface area contributed by atoms with Gasteiger partial charge in [0, 0.05) is 25.2 Å². The van der Waals surface area contributed by atoms with Crippen molar-refractivity contribution in [3.8, 4) is 0 Å². The summed E-state index contributed by atoms with van der Waals surface area (Å²) >= 11 is 5.83. The summed E-state index contributed by atoms with van der Waals surface area (Å²) in [7, 11) is 0. The Morgan fingerprint density at radius 3 is 2.89 bits per heavy atom. The second-order valence-electron chi connectivity index (χ2n) is 5.62. The van der Waals surface area contributed by atoms with Gasteiger partial charge in [0.15, 0.2) is 0 Å². The molecule has 1 fully saturated rings. The van der Waals surface area contributed by atoms with Crippen molar-refractivity contribution >= 4 is 11.6 Å². The van der Waals surface area contributed by atoms with Gasteiger partial charge in [0.2, 0.25) is 0 Å². The molecule has 1 aromatic rings. The van der Waals surface area contributed by atoms with Gasteiger partial charge in [-0.2, -0.15) is 5.10 Å². The predicted molar refractivity (Wildman–Crippen MR) is 80.6 cm³/mol. The number of likely N-dealkylation sites (tertiary alicyclic amines) is 1. The third kappa shape index (κ3) is 3.96. The van der Waals surface area contributed by atoms with Crippen molar-refractivity contribution in [1.29, 1.82) is 0 Å². The van der Waals surface area contributed by atoms with Crippen LogP contribution in [0.15, 0.2) is 12.3 Å². The Kier molecular flexibility index (Phi) is 5.71. The minimum absolute atomic E-state index is 0.552. The van der Waals surface area contributed by atoms with Crippen LogP contribution in [0.3, 0.4) is 0 Å². The number of alkyl halides is 1. The summed E-state index contributed by atoms with van der Waals surface area (Å²) in [5, 5.41) is 4.74. The minimum Gasteiger partial charge on any atom is -0.297 e. The molecule has 2 rings (SSSR count). The molecule has 0 aromatic carbocycles. The maximum absolute atomic E-state index is 5.83. The van der Waals surface area contributed by atoms with Crippen LogP contribution in [0.1, 0.15) is 51.3 Å². The second-order valence-corrected chi connectivity index (χ2v) is 6.00. The molecule has 19 heavy (non-hydrogen) atoms. The van der Waals surface area contributed by atoms with Gasteiger partial charge in [0.1, 0.15) is 0 Å². The highest BCUT2D eigenvalue weighted by molar-refractivity contribution is 6.17. The van der Waals surface area contributed by atoms with Crippen molar-refractivity contribution in [2.45, 2.75) is 52.1 Å². The van der Waals surface area contributed by atoms with Crippen molar-refractivity contribution in [1.82, 2.24) is 14.7 Å². The molecule has 108 valence electrons. The fraction of sp³-hybridized carbons (Fsp3) is 0.800. The molecule has 1 saturated heterocycles. The van der Waals surface area contributed by atoms with Crippen LogP contribution in [0.4, 0.5) is 0 Å². The average molecular weight is 284 g/mol. The van der Waals surface area contributed by atoms with Crippen molar-refractivity contribution in [3.63, 3.8) is 0 Å². The summed E-state index contributed by atoms with van der Waals surface area (Å²) in [6, 6.07) is 2.73. The molecule has 4 heteroatoms. The van der Waals surface area contributed by atoms with Gasteiger partial charge < -0.3 is 0 Å². The summed E-state index contributed by atoms with van der Waals surface area (Å²) < 4.78 is 2.14. The largest absolute Gasteiger partial charge is 0.297 e. The normalized spacial score (nSPS) is 20.5. The minimum atomic E-state index is 0.552. The molecule has 0 saturated carbocycles. The monoisotopic (exact) mass is 283 g/mol. The standard InChI is InChI=1S/C15H26ClN3/c1-3-15(4-2)19-10-7-14(17-19)12-18-9-6-13(11-18)5-8-16/h7,10,13,15H,3-6,8-9,11-12H2,1-2H3. The third-order valence-corrected chi connectivity index (χ3v) is 4.47. The van der Waals surface area contributed by atoms with E-state index in [-0.39, 0.29) is 0 Å². The average Bonchev–Trinajstić information content (AvgIpc) is 3.02. The zero-order valence-corrected chi connectivity index (χ0v) is 12.9. The number of halogens is 1. The van der Waals surface area contributed by atoms with E-state index in [4.69, 9.17) is 16.7 Å². The topological polar surface area (TPSA) is 21.1 Å². The maximum Gasteiger partial charge on any atom is 0.0764 e. The fourth-order valence-electron chi connectivity index (χ4n) is 3.00.